The summed E-state index contributed by atoms with van der Waals surface area (Å²) in [6, 6.07) is 15.7. The minimum atomic E-state index is -4.47. The van der Waals surface area contributed by atoms with Crippen LogP contribution < -0.4 is 5.19 Å². The molecule has 2 aromatic carbocycles. The number of carbonyl (C=O) groups excluding carboxylic acids is 1. The van der Waals surface area contributed by atoms with Gasteiger partial charge < -0.3 is 10.1 Å². The van der Waals surface area contributed by atoms with Crippen molar-refractivity contribution >= 4 is 29.8 Å². The molecule has 50 heavy (non-hydrogen) atoms. The summed E-state index contributed by atoms with van der Waals surface area (Å²) >= 11 is 0. The van der Waals surface area contributed by atoms with Gasteiger partial charge in [0.15, 0.2) is 5.78 Å². The van der Waals surface area contributed by atoms with E-state index in [9.17, 15) is 23.1 Å². The van der Waals surface area contributed by atoms with Crippen molar-refractivity contribution in [2.45, 2.75) is 120 Å². The molecule has 0 bridgehead atoms. The SMILES string of the molecule is CC1=C(c2ccc(C(C)(C)C)cc2)[Si](C)(C)c2c(-c3[c-]c(C)cc(C)c3)ncc(C(F)(F)F)c21.CCC(CC)C(=O)/C=C(\O)C(CC)CC.[Ir]. The van der Waals surface area contributed by atoms with Gasteiger partial charge in [0.25, 0.3) is 0 Å². The molecule has 8 heteroatoms. The quantitative estimate of drug-likeness (QED) is 0.101. The maximum Gasteiger partial charge on any atom is 0.418 e. The average molecular weight is 883 g/mol. The molecule has 0 spiro atoms. The van der Waals surface area contributed by atoms with E-state index in [0.29, 0.717) is 11.3 Å². The number of benzene rings is 2. The Kier molecular flexibility index (Phi) is 14.9. The van der Waals surface area contributed by atoms with Gasteiger partial charge in [0.05, 0.1) is 11.3 Å². The van der Waals surface area contributed by atoms with Crippen molar-refractivity contribution in [1.82, 2.24) is 4.98 Å². The summed E-state index contributed by atoms with van der Waals surface area (Å²) in [4.78, 5) is 16.1. The van der Waals surface area contributed by atoms with Crippen LogP contribution in [-0.2, 0) is 36.5 Å². The first-order valence-corrected chi connectivity index (χ1v) is 20.6. The topological polar surface area (TPSA) is 50.2 Å². The Morgan fingerprint density at radius 3 is 1.92 bits per heavy atom. The van der Waals surface area contributed by atoms with Gasteiger partial charge in [0.2, 0.25) is 0 Å². The zero-order valence-corrected chi connectivity index (χ0v) is 35.3. The molecule has 0 saturated carbocycles. The zero-order valence-electron chi connectivity index (χ0n) is 31.9. The molecule has 1 N–H and O–H groups in total. The number of rotatable bonds is 9. The summed E-state index contributed by atoms with van der Waals surface area (Å²) in [6.07, 6.45) is 1.45. The third kappa shape index (κ3) is 9.54. The van der Waals surface area contributed by atoms with Crippen molar-refractivity contribution in [2.75, 3.05) is 0 Å². The minimum Gasteiger partial charge on any atom is -0.512 e. The molecule has 1 aliphatic heterocycles. The second kappa shape index (κ2) is 17.1. The maximum atomic E-state index is 14.2. The third-order valence-corrected chi connectivity index (χ3v) is 13.6. The summed E-state index contributed by atoms with van der Waals surface area (Å²) in [5, 5.41) is 11.6. The van der Waals surface area contributed by atoms with Gasteiger partial charge in [-0.25, -0.2) is 0 Å². The van der Waals surface area contributed by atoms with E-state index in [-0.39, 0.29) is 48.9 Å². The van der Waals surface area contributed by atoms with E-state index < -0.39 is 19.8 Å². The molecule has 2 heterocycles. The van der Waals surface area contributed by atoms with Gasteiger partial charge in [-0.1, -0.05) is 105 Å². The van der Waals surface area contributed by atoms with Gasteiger partial charge >= 0.3 is 6.18 Å². The number of alkyl halides is 3. The monoisotopic (exact) mass is 883 g/mol. The van der Waals surface area contributed by atoms with Crippen LogP contribution in [0.5, 0.6) is 0 Å². The number of pyridine rings is 1. The van der Waals surface area contributed by atoms with E-state index in [1.165, 1.54) is 11.6 Å². The minimum absolute atomic E-state index is 0. The van der Waals surface area contributed by atoms with Crippen molar-refractivity contribution < 1.29 is 43.2 Å². The van der Waals surface area contributed by atoms with Gasteiger partial charge in [0, 0.05) is 44.2 Å². The molecule has 1 aliphatic rings. The predicted octanol–water partition coefficient (Wildman–Crippen LogP) is 11.7. The first kappa shape index (κ1) is 43.4. The normalized spacial score (nSPS) is 14.4. The standard InChI is InChI=1S/C29H31F3NSi.C13H24O2.Ir/c1-17-13-18(2)15-21(14-17)25-27-24(23(16-33-25)29(30,31)32)19(3)26(34(27,7)8)20-9-11-22(12-10-20)28(4,5)6;1-5-10(6-2)12(14)9-13(15)11(7-3)8-4;/h9-14,16H,1-8H3;9-11,14H,5-8H2,1-4H3;/q-1;;/b;12-9-;. The van der Waals surface area contributed by atoms with Crippen molar-refractivity contribution in [3.8, 4) is 11.3 Å². The van der Waals surface area contributed by atoms with E-state index in [1.807, 2.05) is 60.6 Å². The molecule has 1 radical (unpaired) electrons. The van der Waals surface area contributed by atoms with Gasteiger partial charge in [-0.05, 0) is 71.2 Å². The van der Waals surface area contributed by atoms with Crippen LogP contribution in [0.3, 0.4) is 0 Å². The average Bonchev–Trinajstić information content (AvgIpc) is 3.21. The Balaban J connectivity index is 0.000000461. The van der Waals surface area contributed by atoms with Gasteiger partial charge in [-0.3, -0.25) is 4.79 Å². The van der Waals surface area contributed by atoms with Crippen LogP contribution >= 0.6 is 0 Å². The second-order valence-electron chi connectivity index (χ2n) is 15.0. The molecule has 3 aromatic rings. The number of aliphatic hydroxyl groups is 1. The van der Waals surface area contributed by atoms with Crippen molar-refractivity contribution in [1.29, 1.82) is 0 Å². The number of ketones is 1. The number of allylic oxidation sites excluding steroid dienone is 3. The van der Waals surface area contributed by atoms with Gasteiger partial charge in [0.1, 0.15) is 8.07 Å². The Morgan fingerprint density at radius 2 is 1.46 bits per heavy atom. The fraction of sp³-hybridized carbons (Fsp3) is 0.476. The third-order valence-electron chi connectivity index (χ3n) is 9.91. The number of aliphatic hydroxyl groups excluding tert-OH is 1. The fourth-order valence-electron chi connectivity index (χ4n) is 7.16. The molecule has 0 unspecified atom stereocenters. The summed E-state index contributed by atoms with van der Waals surface area (Å²) in [6.45, 7) is 24.6. The molecular weight excluding hydrogens is 828 g/mol. The first-order chi connectivity index (χ1) is 22.7. The smallest absolute Gasteiger partial charge is 0.418 e. The number of aromatic nitrogens is 1. The number of hydrogen-bond donors (Lipinski definition) is 1. The predicted molar refractivity (Wildman–Crippen MR) is 202 cm³/mol. The largest absolute Gasteiger partial charge is 0.512 e. The molecule has 0 aliphatic carbocycles. The Labute approximate surface area is 313 Å². The van der Waals surface area contributed by atoms with Gasteiger partial charge in [-0.2, -0.15) is 13.2 Å². The Hall–Kier alpha value is -2.80. The number of aryl methyl sites for hydroxylation is 2. The van der Waals surface area contributed by atoms with E-state index >= 15 is 0 Å². The van der Waals surface area contributed by atoms with Crippen LogP contribution in [0.4, 0.5) is 13.2 Å². The first-order valence-electron chi connectivity index (χ1n) is 17.6. The van der Waals surface area contributed by atoms with Crippen molar-refractivity contribution in [3.05, 3.63) is 93.9 Å². The number of fused-ring (bicyclic) bond motifs is 1. The molecule has 0 fully saturated rings. The van der Waals surface area contributed by atoms with E-state index in [1.54, 1.807) is 0 Å². The number of nitrogens with zero attached hydrogens (tertiary/aromatic N) is 1. The molecule has 275 valence electrons. The molecule has 0 saturated heterocycles. The maximum absolute atomic E-state index is 14.2. The summed E-state index contributed by atoms with van der Waals surface area (Å²) in [5.74, 6) is 0.547. The van der Waals surface area contributed by atoms with Crippen LogP contribution in [0.2, 0.25) is 13.1 Å². The summed E-state index contributed by atoms with van der Waals surface area (Å²) in [7, 11) is -2.53. The molecule has 0 atom stereocenters. The molecule has 0 amide bonds. The fourth-order valence-corrected chi connectivity index (χ4v) is 11.1. The van der Waals surface area contributed by atoms with Crippen LogP contribution in [0.15, 0.2) is 54.4 Å². The van der Waals surface area contributed by atoms with Gasteiger partial charge in [-0.15, -0.1) is 34.9 Å². The van der Waals surface area contributed by atoms with Crippen molar-refractivity contribution in [3.63, 3.8) is 0 Å². The molecule has 1 aromatic heterocycles. The second-order valence-corrected chi connectivity index (χ2v) is 19.2. The molecule has 4 rings (SSSR count). The number of halogens is 3. The van der Waals surface area contributed by atoms with Crippen molar-refractivity contribution in [2.24, 2.45) is 11.8 Å². The van der Waals surface area contributed by atoms with E-state index in [0.717, 1.165) is 70.1 Å². The van der Waals surface area contributed by atoms with Crippen LogP contribution in [0.25, 0.3) is 22.0 Å². The Bertz CT molecular complexity index is 1690. The number of carbonyl (C=O) groups is 1. The summed E-state index contributed by atoms with van der Waals surface area (Å²) < 4.78 is 42.6. The van der Waals surface area contributed by atoms with E-state index in [2.05, 4.69) is 69.2 Å². The molecular formula is C42H55F3IrNO2Si-. The summed E-state index contributed by atoms with van der Waals surface area (Å²) in [5.41, 5.74) is 5.99. The van der Waals surface area contributed by atoms with E-state index in [4.69, 9.17) is 0 Å². The zero-order chi connectivity index (χ0) is 37.1. The van der Waals surface area contributed by atoms with Crippen LogP contribution in [0, 0.1) is 31.7 Å². The molecule has 3 nitrogen and oxygen atoms in total. The van der Waals surface area contributed by atoms with Crippen LogP contribution in [-0.4, -0.2) is 23.9 Å². The Morgan fingerprint density at radius 1 is 0.920 bits per heavy atom. The van der Waals surface area contributed by atoms with Crippen LogP contribution in [0.1, 0.15) is 114 Å². The number of hydrogen-bond acceptors (Lipinski definition) is 3.